The van der Waals surface area contributed by atoms with E-state index in [2.05, 4.69) is 21.0 Å². The fourth-order valence-corrected chi connectivity index (χ4v) is 1.84. The molecule has 2 N–H and O–H groups in total. The van der Waals surface area contributed by atoms with E-state index in [4.69, 9.17) is 5.73 Å². The Kier molecular flexibility index (Phi) is 3.40. The van der Waals surface area contributed by atoms with E-state index in [0.717, 1.165) is 15.7 Å². The molecule has 0 fully saturated rings. The number of hydrogen-bond acceptors (Lipinski definition) is 3. The summed E-state index contributed by atoms with van der Waals surface area (Å²) < 4.78 is 2.32. The van der Waals surface area contributed by atoms with Crippen molar-refractivity contribution in [3.8, 4) is 11.3 Å². The van der Waals surface area contributed by atoms with E-state index in [9.17, 15) is 4.79 Å². The van der Waals surface area contributed by atoms with Crippen molar-refractivity contribution in [1.82, 2.24) is 9.78 Å². The highest BCUT2D eigenvalue weighted by Gasteiger charge is 2.06. The van der Waals surface area contributed by atoms with Crippen molar-refractivity contribution in [1.29, 1.82) is 0 Å². The fraction of sp³-hybridized carbons (Fsp3) is 0.167. The van der Waals surface area contributed by atoms with E-state index in [0.29, 0.717) is 5.56 Å². The van der Waals surface area contributed by atoms with Crippen molar-refractivity contribution in [2.24, 2.45) is 12.8 Å². The van der Waals surface area contributed by atoms with Crippen LogP contribution >= 0.6 is 15.9 Å². The molecule has 0 unspecified atom stereocenters. The number of rotatable bonds is 2. The van der Waals surface area contributed by atoms with E-state index in [-0.39, 0.29) is 12.1 Å². The predicted octanol–water partition coefficient (Wildman–Crippen LogP) is 1.67. The van der Waals surface area contributed by atoms with E-state index in [1.807, 2.05) is 24.3 Å². The van der Waals surface area contributed by atoms with Gasteiger partial charge < -0.3 is 5.73 Å². The van der Waals surface area contributed by atoms with Crippen LogP contribution in [-0.4, -0.2) is 9.78 Å². The molecular formula is C12H12BrN3O. The zero-order valence-electron chi connectivity index (χ0n) is 9.35. The van der Waals surface area contributed by atoms with Crippen LogP contribution in [0.4, 0.5) is 0 Å². The zero-order valence-corrected chi connectivity index (χ0v) is 10.9. The van der Waals surface area contributed by atoms with E-state index >= 15 is 0 Å². The first-order chi connectivity index (χ1) is 8.11. The summed E-state index contributed by atoms with van der Waals surface area (Å²) in [4.78, 5) is 11.7. The molecule has 2 aromatic rings. The van der Waals surface area contributed by atoms with E-state index < -0.39 is 0 Å². The molecular weight excluding hydrogens is 282 g/mol. The average Bonchev–Trinajstić information content (AvgIpc) is 2.33. The Balaban J connectivity index is 2.56. The molecule has 0 aliphatic carbocycles. The van der Waals surface area contributed by atoms with Crippen LogP contribution in [-0.2, 0) is 13.6 Å². The SMILES string of the molecule is Cn1nc(-c2ccc(Br)cc2)cc(CN)c1=O. The lowest BCUT2D eigenvalue weighted by Crippen LogP contribution is -2.25. The van der Waals surface area contributed by atoms with Crippen molar-refractivity contribution in [2.45, 2.75) is 6.54 Å². The van der Waals surface area contributed by atoms with Gasteiger partial charge in [-0.25, -0.2) is 4.68 Å². The lowest BCUT2D eigenvalue weighted by atomic mass is 10.1. The van der Waals surface area contributed by atoms with E-state index in [1.165, 1.54) is 4.68 Å². The second-order valence-electron chi connectivity index (χ2n) is 3.69. The first-order valence-electron chi connectivity index (χ1n) is 5.15. The Morgan fingerprint density at radius 1 is 1.35 bits per heavy atom. The third-order valence-corrected chi connectivity index (χ3v) is 3.03. The maximum Gasteiger partial charge on any atom is 0.271 e. The molecule has 0 spiro atoms. The maximum atomic E-state index is 11.7. The van der Waals surface area contributed by atoms with Crippen LogP contribution in [0.2, 0.25) is 0 Å². The van der Waals surface area contributed by atoms with Gasteiger partial charge in [-0.1, -0.05) is 28.1 Å². The molecule has 0 saturated heterocycles. The van der Waals surface area contributed by atoms with Crippen LogP contribution in [0.25, 0.3) is 11.3 Å². The number of halogens is 1. The smallest absolute Gasteiger partial charge is 0.271 e. The van der Waals surface area contributed by atoms with Gasteiger partial charge >= 0.3 is 0 Å². The van der Waals surface area contributed by atoms with Crippen LogP contribution in [0, 0.1) is 0 Å². The molecule has 0 aliphatic heterocycles. The number of benzene rings is 1. The van der Waals surface area contributed by atoms with Gasteiger partial charge in [0.15, 0.2) is 0 Å². The molecule has 1 aromatic heterocycles. The fourth-order valence-electron chi connectivity index (χ4n) is 1.58. The minimum atomic E-state index is -0.145. The molecule has 17 heavy (non-hydrogen) atoms. The summed E-state index contributed by atoms with van der Waals surface area (Å²) in [5, 5.41) is 4.21. The highest BCUT2D eigenvalue weighted by Crippen LogP contribution is 2.19. The van der Waals surface area contributed by atoms with Crippen LogP contribution in [0.3, 0.4) is 0 Å². The zero-order chi connectivity index (χ0) is 12.4. The largest absolute Gasteiger partial charge is 0.326 e. The molecule has 5 heteroatoms. The standard InChI is InChI=1S/C12H12BrN3O/c1-16-12(17)9(7-14)6-11(15-16)8-2-4-10(13)5-3-8/h2-6H,7,14H2,1H3. The minimum absolute atomic E-state index is 0.145. The van der Waals surface area contributed by atoms with Crippen molar-refractivity contribution >= 4 is 15.9 Å². The second-order valence-corrected chi connectivity index (χ2v) is 4.61. The van der Waals surface area contributed by atoms with Gasteiger partial charge in [-0.15, -0.1) is 0 Å². The van der Waals surface area contributed by atoms with Crippen molar-refractivity contribution in [3.63, 3.8) is 0 Å². The van der Waals surface area contributed by atoms with Gasteiger partial charge in [0.1, 0.15) is 0 Å². The van der Waals surface area contributed by atoms with E-state index in [1.54, 1.807) is 13.1 Å². The number of nitrogens with two attached hydrogens (primary N) is 1. The Hall–Kier alpha value is -1.46. The van der Waals surface area contributed by atoms with Gasteiger partial charge in [0.2, 0.25) is 0 Å². The number of nitrogens with zero attached hydrogens (tertiary/aromatic N) is 2. The quantitative estimate of drug-likeness (QED) is 0.916. The topological polar surface area (TPSA) is 60.9 Å². The van der Waals surface area contributed by atoms with Crippen molar-refractivity contribution in [2.75, 3.05) is 0 Å². The highest BCUT2D eigenvalue weighted by atomic mass is 79.9. The predicted molar refractivity (Wildman–Crippen MR) is 70.5 cm³/mol. The van der Waals surface area contributed by atoms with Gasteiger partial charge in [-0.3, -0.25) is 4.79 Å². The lowest BCUT2D eigenvalue weighted by Gasteiger charge is -2.06. The van der Waals surface area contributed by atoms with Crippen LogP contribution in [0.1, 0.15) is 5.56 Å². The summed E-state index contributed by atoms with van der Waals surface area (Å²) in [6.07, 6.45) is 0. The van der Waals surface area contributed by atoms with Crippen LogP contribution < -0.4 is 11.3 Å². The summed E-state index contributed by atoms with van der Waals surface area (Å²) in [5.41, 5.74) is 7.67. The second kappa shape index (κ2) is 4.81. The molecule has 0 aliphatic rings. The molecule has 0 atom stereocenters. The Morgan fingerprint density at radius 2 is 2.00 bits per heavy atom. The summed E-state index contributed by atoms with van der Waals surface area (Å²) in [5.74, 6) is 0. The van der Waals surface area contributed by atoms with Crippen LogP contribution in [0.15, 0.2) is 39.6 Å². The molecule has 1 heterocycles. The Bertz CT molecular complexity index is 590. The Morgan fingerprint density at radius 3 is 2.59 bits per heavy atom. The molecule has 0 saturated carbocycles. The summed E-state index contributed by atoms with van der Waals surface area (Å²) in [7, 11) is 1.63. The monoisotopic (exact) mass is 293 g/mol. The third-order valence-electron chi connectivity index (χ3n) is 2.50. The molecule has 2 rings (SSSR count). The maximum absolute atomic E-state index is 11.7. The van der Waals surface area contributed by atoms with Crippen molar-refractivity contribution < 1.29 is 0 Å². The van der Waals surface area contributed by atoms with Gasteiger partial charge in [0, 0.05) is 29.2 Å². The third kappa shape index (κ3) is 2.45. The van der Waals surface area contributed by atoms with Crippen LogP contribution in [0.5, 0.6) is 0 Å². The number of hydrogen-bond donors (Lipinski definition) is 1. The molecule has 0 bridgehead atoms. The lowest BCUT2D eigenvalue weighted by molar-refractivity contribution is 0.697. The summed E-state index contributed by atoms with van der Waals surface area (Å²) in [6, 6.07) is 9.49. The van der Waals surface area contributed by atoms with Gasteiger partial charge in [0.25, 0.3) is 5.56 Å². The molecule has 88 valence electrons. The summed E-state index contributed by atoms with van der Waals surface area (Å²) >= 11 is 3.38. The van der Waals surface area contributed by atoms with Gasteiger partial charge in [-0.05, 0) is 18.2 Å². The molecule has 0 radical (unpaired) electrons. The average molecular weight is 294 g/mol. The summed E-state index contributed by atoms with van der Waals surface area (Å²) in [6.45, 7) is 0.221. The number of aromatic nitrogens is 2. The molecule has 1 aromatic carbocycles. The Labute approximate surface area is 107 Å². The first kappa shape index (κ1) is 12.0. The van der Waals surface area contributed by atoms with Gasteiger partial charge in [0.05, 0.1) is 5.69 Å². The van der Waals surface area contributed by atoms with Gasteiger partial charge in [-0.2, -0.15) is 5.10 Å². The highest BCUT2D eigenvalue weighted by molar-refractivity contribution is 9.10. The number of aryl methyl sites for hydroxylation is 1. The normalized spacial score (nSPS) is 10.5. The molecule has 4 nitrogen and oxygen atoms in total. The minimum Gasteiger partial charge on any atom is -0.326 e. The van der Waals surface area contributed by atoms with Crippen molar-refractivity contribution in [3.05, 3.63) is 50.7 Å². The molecule has 0 amide bonds. The first-order valence-corrected chi connectivity index (χ1v) is 5.94.